The summed E-state index contributed by atoms with van der Waals surface area (Å²) >= 11 is 0. The molecule has 150 valence electrons. The van der Waals surface area contributed by atoms with Gasteiger partial charge in [-0.15, -0.1) is 0 Å². The van der Waals surface area contributed by atoms with Gasteiger partial charge in [-0.1, -0.05) is 12.1 Å². The number of nitriles is 1. The van der Waals surface area contributed by atoms with Crippen molar-refractivity contribution < 1.29 is 9.53 Å². The number of nitrogens with one attached hydrogen (secondary N) is 2. The lowest BCUT2D eigenvalue weighted by atomic mass is 10.2. The second kappa shape index (κ2) is 9.07. The van der Waals surface area contributed by atoms with E-state index >= 15 is 0 Å². The van der Waals surface area contributed by atoms with Crippen molar-refractivity contribution in [3.8, 4) is 6.07 Å². The zero-order chi connectivity index (χ0) is 20.8. The first-order valence-corrected chi connectivity index (χ1v) is 9.68. The Balaban J connectivity index is 1.50. The molecule has 1 aliphatic heterocycles. The molecule has 7 heteroatoms. The normalized spacial score (nSPS) is 13.4. The van der Waals surface area contributed by atoms with E-state index in [2.05, 4.69) is 32.7 Å². The third kappa shape index (κ3) is 4.57. The number of benzene rings is 2. The van der Waals surface area contributed by atoms with Gasteiger partial charge in [-0.25, -0.2) is 0 Å². The summed E-state index contributed by atoms with van der Waals surface area (Å²) in [6.45, 7) is 3.09. The van der Waals surface area contributed by atoms with Gasteiger partial charge in [0.2, 0.25) is 0 Å². The molecule has 1 saturated heterocycles. The van der Waals surface area contributed by atoms with Gasteiger partial charge in [-0.3, -0.25) is 9.78 Å². The maximum absolute atomic E-state index is 12.6. The highest BCUT2D eigenvalue weighted by atomic mass is 16.5. The number of carbonyl (C=O) groups excluding carboxylic acids is 1. The summed E-state index contributed by atoms with van der Waals surface area (Å²) in [6, 6.07) is 18.6. The van der Waals surface area contributed by atoms with Gasteiger partial charge < -0.3 is 20.3 Å². The van der Waals surface area contributed by atoms with Crippen LogP contribution in [-0.4, -0.2) is 37.2 Å². The van der Waals surface area contributed by atoms with Crippen molar-refractivity contribution in [2.45, 2.75) is 0 Å². The van der Waals surface area contributed by atoms with Crippen molar-refractivity contribution in [3.63, 3.8) is 0 Å². The fraction of sp³-hybridized carbons (Fsp3) is 0.174. The second-order valence-corrected chi connectivity index (χ2v) is 6.85. The van der Waals surface area contributed by atoms with Crippen LogP contribution in [0, 0.1) is 11.3 Å². The Morgan fingerprint density at radius 1 is 1.03 bits per heavy atom. The molecule has 0 unspecified atom stereocenters. The third-order valence-electron chi connectivity index (χ3n) is 4.81. The van der Waals surface area contributed by atoms with Crippen molar-refractivity contribution >= 4 is 28.7 Å². The van der Waals surface area contributed by atoms with E-state index in [1.165, 1.54) is 6.20 Å². The Morgan fingerprint density at radius 2 is 1.80 bits per heavy atom. The number of aromatic nitrogens is 1. The van der Waals surface area contributed by atoms with Gasteiger partial charge in [0.15, 0.2) is 0 Å². The standard InChI is InChI=1S/C23H21N5O2/c24-14-17-5-7-19(8-6-17)27-23(29)18-13-20(16-25-15-18)26-21-3-1-2-4-22(21)28-9-11-30-12-10-28/h1-8,13,15-16,26H,9-12H2,(H,27,29). The number of ether oxygens (including phenoxy) is 1. The van der Waals surface area contributed by atoms with E-state index in [4.69, 9.17) is 10.00 Å². The van der Waals surface area contributed by atoms with E-state index < -0.39 is 0 Å². The predicted molar refractivity (Wildman–Crippen MR) is 116 cm³/mol. The summed E-state index contributed by atoms with van der Waals surface area (Å²) in [5.41, 5.74) is 4.37. The summed E-state index contributed by atoms with van der Waals surface area (Å²) in [7, 11) is 0. The molecule has 0 saturated carbocycles. The Morgan fingerprint density at radius 3 is 2.57 bits per heavy atom. The Labute approximate surface area is 174 Å². The van der Waals surface area contributed by atoms with Gasteiger partial charge in [0, 0.05) is 25.0 Å². The molecule has 1 aromatic heterocycles. The van der Waals surface area contributed by atoms with Crippen LogP contribution in [0.3, 0.4) is 0 Å². The van der Waals surface area contributed by atoms with Crippen LogP contribution in [-0.2, 0) is 4.74 Å². The summed E-state index contributed by atoms with van der Waals surface area (Å²) in [5.74, 6) is -0.266. The molecule has 7 nitrogen and oxygen atoms in total. The quantitative estimate of drug-likeness (QED) is 0.678. The maximum atomic E-state index is 12.6. The van der Waals surface area contributed by atoms with Crippen LogP contribution < -0.4 is 15.5 Å². The lowest BCUT2D eigenvalue weighted by Crippen LogP contribution is -2.36. The van der Waals surface area contributed by atoms with Crippen molar-refractivity contribution in [2.24, 2.45) is 0 Å². The average molecular weight is 399 g/mol. The molecule has 3 aromatic rings. The van der Waals surface area contributed by atoms with Crippen LogP contribution >= 0.6 is 0 Å². The highest BCUT2D eigenvalue weighted by molar-refractivity contribution is 6.04. The number of pyridine rings is 1. The number of anilines is 4. The smallest absolute Gasteiger partial charge is 0.257 e. The Bertz CT molecular complexity index is 1070. The molecule has 4 rings (SSSR count). The molecular weight excluding hydrogens is 378 g/mol. The van der Waals surface area contributed by atoms with E-state index in [1.807, 2.05) is 18.2 Å². The van der Waals surface area contributed by atoms with E-state index in [9.17, 15) is 4.79 Å². The zero-order valence-electron chi connectivity index (χ0n) is 16.3. The first-order chi connectivity index (χ1) is 14.7. The Kier molecular flexibility index (Phi) is 5.88. The number of nitrogens with zero attached hydrogens (tertiary/aromatic N) is 3. The molecule has 0 aliphatic carbocycles. The van der Waals surface area contributed by atoms with E-state index in [0.29, 0.717) is 30.0 Å². The van der Waals surface area contributed by atoms with Crippen molar-refractivity contribution in [1.29, 1.82) is 5.26 Å². The van der Waals surface area contributed by atoms with Crippen LogP contribution in [0.5, 0.6) is 0 Å². The van der Waals surface area contributed by atoms with Crippen LogP contribution in [0.1, 0.15) is 15.9 Å². The molecule has 1 aliphatic rings. The molecule has 0 spiro atoms. The number of morpholine rings is 1. The SMILES string of the molecule is N#Cc1ccc(NC(=O)c2cncc(Nc3ccccc3N3CCOCC3)c2)cc1. The maximum Gasteiger partial charge on any atom is 0.257 e. The first-order valence-electron chi connectivity index (χ1n) is 9.68. The number of amides is 1. The monoisotopic (exact) mass is 399 g/mol. The van der Waals surface area contributed by atoms with Crippen LogP contribution in [0.15, 0.2) is 67.0 Å². The fourth-order valence-corrected chi connectivity index (χ4v) is 3.28. The number of carbonyl (C=O) groups is 1. The molecule has 0 radical (unpaired) electrons. The van der Waals surface area contributed by atoms with Crippen LogP contribution in [0.25, 0.3) is 0 Å². The van der Waals surface area contributed by atoms with Crippen molar-refractivity contribution in [3.05, 3.63) is 78.1 Å². The van der Waals surface area contributed by atoms with Gasteiger partial charge in [-0.05, 0) is 42.5 Å². The highest BCUT2D eigenvalue weighted by Crippen LogP contribution is 2.29. The van der Waals surface area contributed by atoms with Gasteiger partial charge in [0.25, 0.3) is 5.91 Å². The first kappa shape index (κ1) is 19.4. The summed E-state index contributed by atoms with van der Waals surface area (Å²) in [4.78, 5) is 19.1. The molecule has 2 N–H and O–H groups in total. The number of rotatable bonds is 5. The minimum Gasteiger partial charge on any atom is -0.378 e. The van der Waals surface area contributed by atoms with E-state index in [-0.39, 0.29) is 5.91 Å². The zero-order valence-corrected chi connectivity index (χ0v) is 16.3. The molecule has 1 fully saturated rings. The second-order valence-electron chi connectivity index (χ2n) is 6.85. The molecule has 1 amide bonds. The number of para-hydroxylation sites is 2. The van der Waals surface area contributed by atoms with E-state index in [1.54, 1.807) is 36.5 Å². The molecule has 2 aromatic carbocycles. The van der Waals surface area contributed by atoms with Crippen LogP contribution in [0.4, 0.5) is 22.7 Å². The third-order valence-corrected chi connectivity index (χ3v) is 4.81. The fourth-order valence-electron chi connectivity index (χ4n) is 3.28. The molecular formula is C23H21N5O2. The van der Waals surface area contributed by atoms with Gasteiger partial charge >= 0.3 is 0 Å². The molecule has 30 heavy (non-hydrogen) atoms. The lowest BCUT2D eigenvalue weighted by molar-refractivity contribution is 0.102. The van der Waals surface area contributed by atoms with Gasteiger partial charge in [0.05, 0.1) is 53.7 Å². The summed E-state index contributed by atoms with van der Waals surface area (Å²) in [5, 5.41) is 15.1. The van der Waals surface area contributed by atoms with Gasteiger partial charge in [0.1, 0.15) is 0 Å². The molecule has 0 atom stereocenters. The summed E-state index contributed by atoms with van der Waals surface area (Å²) in [6.07, 6.45) is 3.21. The highest BCUT2D eigenvalue weighted by Gasteiger charge is 2.15. The van der Waals surface area contributed by atoms with E-state index in [0.717, 1.165) is 30.2 Å². The topological polar surface area (TPSA) is 90.3 Å². The average Bonchev–Trinajstić information content (AvgIpc) is 2.81. The minimum absolute atomic E-state index is 0.266. The van der Waals surface area contributed by atoms with Gasteiger partial charge in [-0.2, -0.15) is 5.26 Å². The molecule has 2 heterocycles. The van der Waals surface area contributed by atoms with Crippen LogP contribution in [0.2, 0.25) is 0 Å². The largest absolute Gasteiger partial charge is 0.378 e. The minimum atomic E-state index is -0.266. The number of hydrogen-bond acceptors (Lipinski definition) is 6. The van der Waals surface area contributed by atoms with Crippen molar-refractivity contribution in [1.82, 2.24) is 4.98 Å². The van der Waals surface area contributed by atoms with Crippen molar-refractivity contribution in [2.75, 3.05) is 41.8 Å². The predicted octanol–water partition coefficient (Wildman–Crippen LogP) is 3.79. The number of hydrogen-bond donors (Lipinski definition) is 2. The summed E-state index contributed by atoms with van der Waals surface area (Å²) < 4.78 is 5.45. The Hall–Kier alpha value is -3.89. The molecule has 0 bridgehead atoms. The lowest BCUT2D eigenvalue weighted by Gasteiger charge is -2.30.